The molecule has 0 bridgehead atoms. The maximum Gasteiger partial charge on any atom is 0.243 e. The van der Waals surface area contributed by atoms with E-state index in [-0.39, 0.29) is 0 Å². The van der Waals surface area contributed by atoms with Gasteiger partial charge in [-0.3, -0.25) is 9.80 Å². The molecule has 0 radical (unpaired) electrons. The Morgan fingerprint density at radius 3 is 2.52 bits per heavy atom. The lowest BCUT2D eigenvalue weighted by Gasteiger charge is -2.47. The Labute approximate surface area is 150 Å². The first-order chi connectivity index (χ1) is 11.9. The van der Waals surface area contributed by atoms with E-state index >= 15 is 0 Å². The van der Waals surface area contributed by atoms with Gasteiger partial charge in [0.1, 0.15) is 5.75 Å². The molecular formula is C18H27N3O3S. The molecule has 2 fully saturated rings. The molecular weight excluding hydrogens is 338 g/mol. The van der Waals surface area contributed by atoms with Crippen molar-refractivity contribution < 1.29 is 13.2 Å². The molecule has 0 aliphatic carbocycles. The van der Waals surface area contributed by atoms with E-state index in [1.165, 1.54) is 0 Å². The van der Waals surface area contributed by atoms with Crippen LogP contribution >= 0.6 is 0 Å². The number of nitrogens with zero attached hydrogens (tertiary/aromatic N) is 3. The molecule has 0 atom stereocenters. The summed E-state index contributed by atoms with van der Waals surface area (Å²) in [6, 6.07) is 6.20. The van der Waals surface area contributed by atoms with Crippen LogP contribution in [0.4, 0.5) is 0 Å². The van der Waals surface area contributed by atoms with Crippen LogP contribution in [0, 0.1) is 0 Å². The van der Waals surface area contributed by atoms with Gasteiger partial charge in [0.25, 0.3) is 0 Å². The van der Waals surface area contributed by atoms with Gasteiger partial charge in [0, 0.05) is 57.8 Å². The highest BCUT2D eigenvalue weighted by atomic mass is 32.2. The third-order valence-electron chi connectivity index (χ3n) is 5.72. The standard InChI is InChI=1S/C18H27N3O3S/c1-14(2)19-6-8-20(9-7-19)16-12-21(13-16)25(22,23)17-3-4-18-15(11-17)5-10-24-18/h3-4,11,14,16H,5-10,12-13H2,1-2H3. The molecule has 3 heterocycles. The second-order valence-corrected chi connectivity index (χ2v) is 9.45. The Bertz CT molecular complexity index is 736. The van der Waals surface area contributed by atoms with E-state index in [2.05, 4.69) is 23.6 Å². The minimum Gasteiger partial charge on any atom is -0.493 e. The number of sulfonamides is 1. The van der Waals surface area contributed by atoms with Crippen LogP contribution in [0.3, 0.4) is 0 Å². The van der Waals surface area contributed by atoms with Gasteiger partial charge in [-0.15, -0.1) is 0 Å². The molecule has 6 nitrogen and oxygen atoms in total. The molecule has 0 aromatic heterocycles. The normalized spacial score (nSPS) is 23.5. The fourth-order valence-electron chi connectivity index (χ4n) is 3.94. The zero-order valence-corrected chi connectivity index (χ0v) is 15.8. The van der Waals surface area contributed by atoms with Gasteiger partial charge < -0.3 is 4.74 Å². The number of rotatable bonds is 4. The van der Waals surface area contributed by atoms with Crippen LogP contribution in [0.5, 0.6) is 5.75 Å². The zero-order chi connectivity index (χ0) is 17.6. The highest BCUT2D eigenvalue weighted by Crippen LogP contribution is 2.31. The van der Waals surface area contributed by atoms with Crippen LogP contribution < -0.4 is 4.74 Å². The maximum absolute atomic E-state index is 12.8. The Morgan fingerprint density at radius 1 is 1.12 bits per heavy atom. The van der Waals surface area contributed by atoms with Crippen LogP contribution in [-0.2, 0) is 16.4 Å². The lowest BCUT2D eigenvalue weighted by atomic mass is 10.1. The summed E-state index contributed by atoms with van der Waals surface area (Å²) in [5.41, 5.74) is 1.00. The molecule has 25 heavy (non-hydrogen) atoms. The largest absolute Gasteiger partial charge is 0.493 e. The van der Waals surface area contributed by atoms with Crippen LogP contribution in [0.1, 0.15) is 19.4 Å². The van der Waals surface area contributed by atoms with Crippen molar-refractivity contribution in [3.63, 3.8) is 0 Å². The first kappa shape index (κ1) is 17.3. The van der Waals surface area contributed by atoms with Crippen LogP contribution in [0.2, 0.25) is 0 Å². The van der Waals surface area contributed by atoms with E-state index in [0.29, 0.717) is 36.7 Å². The van der Waals surface area contributed by atoms with E-state index < -0.39 is 10.0 Å². The Hall–Kier alpha value is -1.15. The number of hydrogen-bond acceptors (Lipinski definition) is 5. The molecule has 0 amide bonds. The summed E-state index contributed by atoms with van der Waals surface area (Å²) in [7, 11) is -3.38. The smallest absolute Gasteiger partial charge is 0.243 e. The predicted molar refractivity (Wildman–Crippen MR) is 96.5 cm³/mol. The van der Waals surface area contributed by atoms with Crippen molar-refractivity contribution in [1.82, 2.24) is 14.1 Å². The van der Waals surface area contributed by atoms with Crippen molar-refractivity contribution in [2.24, 2.45) is 0 Å². The molecule has 2 saturated heterocycles. The maximum atomic E-state index is 12.8. The molecule has 4 rings (SSSR count). The van der Waals surface area contributed by atoms with Gasteiger partial charge in [0.05, 0.1) is 11.5 Å². The average molecular weight is 365 g/mol. The van der Waals surface area contributed by atoms with Crippen molar-refractivity contribution in [3.05, 3.63) is 23.8 Å². The molecule has 3 aliphatic rings. The van der Waals surface area contributed by atoms with Gasteiger partial charge in [-0.1, -0.05) is 0 Å². The van der Waals surface area contributed by atoms with Crippen LogP contribution in [-0.4, -0.2) is 80.5 Å². The molecule has 138 valence electrons. The van der Waals surface area contributed by atoms with Gasteiger partial charge in [0.15, 0.2) is 0 Å². The SMILES string of the molecule is CC(C)N1CCN(C2CN(S(=O)(=O)c3ccc4c(c3)CCO4)C2)CC1. The molecule has 3 aliphatic heterocycles. The van der Waals surface area contributed by atoms with Gasteiger partial charge in [0.2, 0.25) is 10.0 Å². The van der Waals surface area contributed by atoms with E-state index in [9.17, 15) is 8.42 Å². The second kappa shape index (κ2) is 6.54. The van der Waals surface area contributed by atoms with Gasteiger partial charge in [-0.2, -0.15) is 4.31 Å². The summed E-state index contributed by atoms with van der Waals surface area (Å²) >= 11 is 0. The number of fused-ring (bicyclic) bond motifs is 1. The van der Waals surface area contributed by atoms with E-state index in [1.807, 2.05) is 0 Å². The number of benzene rings is 1. The van der Waals surface area contributed by atoms with Crippen molar-refractivity contribution >= 4 is 10.0 Å². The molecule has 0 N–H and O–H groups in total. The van der Waals surface area contributed by atoms with Crippen molar-refractivity contribution in [3.8, 4) is 5.75 Å². The first-order valence-electron chi connectivity index (χ1n) is 9.19. The minimum absolute atomic E-state index is 0.363. The number of piperazine rings is 1. The lowest BCUT2D eigenvalue weighted by Crippen LogP contribution is -2.64. The van der Waals surface area contributed by atoms with Crippen molar-refractivity contribution in [2.75, 3.05) is 45.9 Å². The summed E-state index contributed by atoms with van der Waals surface area (Å²) in [6.45, 7) is 10.5. The summed E-state index contributed by atoms with van der Waals surface area (Å²) < 4.78 is 32.8. The second-order valence-electron chi connectivity index (χ2n) is 7.51. The zero-order valence-electron chi connectivity index (χ0n) is 15.0. The number of hydrogen-bond donors (Lipinski definition) is 0. The van der Waals surface area contributed by atoms with Crippen molar-refractivity contribution in [2.45, 2.75) is 37.2 Å². The monoisotopic (exact) mass is 365 g/mol. The molecule has 1 aromatic rings. The van der Waals surface area contributed by atoms with E-state index in [4.69, 9.17) is 4.74 Å². The average Bonchev–Trinajstić information content (AvgIpc) is 3.01. The van der Waals surface area contributed by atoms with Crippen molar-refractivity contribution in [1.29, 1.82) is 0 Å². The summed E-state index contributed by atoms with van der Waals surface area (Å²) in [6.07, 6.45) is 0.793. The van der Waals surface area contributed by atoms with Crippen LogP contribution in [0.25, 0.3) is 0 Å². The first-order valence-corrected chi connectivity index (χ1v) is 10.6. The van der Waals surface area contributed by atoms with Gasteiger partial charge >= 0.3 is 0 Å². The summed E-state index contributed by atoms with van der Waals surface area (Å²) in [5.74, 6) is 0.823. The van der Waals surface area contributed by atoms with Gasteiger partial charge in [-0.25, -0.2) is 8.42 Å². The fraction of sp³-hybridized carbons (Fsp3) is 0.667. The summed E-state index contributed by atoms with van der Waals surface area (Å²) in [4.78, 5) is 5.33. The molecule has 1 aromatic carbocycles. The third kappa shape index (κ3) is 3.18. The highest BCUT2D eigenvalue weighted by molar-refractivity contribution is 7.89. The fourth-order valence-corrected chi connectivity index (χ4v) is 5.50. The Kier molecular flexibility index (Phi) is 4.52. The number of ether oxygens (including phenoxy) is 1. The topological polar surface area (TPSA) is 53.1 Å². The quantitative estimate of drug-likeness (QED) is 0.797. The third-order valence-corrected chi connectivity index (χ3v) is 7.55. The predicted octanol–water partition coefficient (Wildman–Crippen LogP) is 1.02. The summed E-state index contributed by atoms with van der Waals surface area (Å²) in [5, 5.41) is 0. The van der Waals surface area contributed by atoms with E-state index in [0.717, 1.165) is 43.9 Å². The highest BCUT2D eigenvalue weighted by Gasteiger charge is 2.40. The Balaban J connectivity index is 1.37. The lowest BCUT2D eigenvalue weighted by molar-refractivity contribution is 0.0316. The molecule has 7 heteroatoms. The van der Waals surface area contributed by atoms with E-state index in [1.54, 1.807) is 22.5 Å². The molecule has 0 saturated carbocycles. The van der Waals surface area contributed by atoms with Crippen LogP contribution in [0.15, 0.2) is 23.1 Å². The Morgan fingerprint density at radius 2 is 1.84 bits per heavy atom. The van der Waals surface area contributed by atoms with Gasteiger partial charge in [-0.05, 0) is 37.6 Å². The molecule has 0 spiro atoms. The molecule has 0 unspecified atom stereocenters. The minimum atomic E-state index is -3.38.